The van der Waals surface area contributed by atoms with E-state index in [-0.39, 0.29) is 11.9 Å². The molecule has 3 N–H and O–H groups in total. The summed E-state index contributed by atoms with van der Waals surface area (Å²) in [6.45, 7) is 5.49. The maximum Gasteiger partial charge on any atom is 0.237 e. The molecule has 7 heteroatoms. The number of aryl methyl sites for hydroxylation is 1. The first-order valence-corrected chi connectivity index (χ1v) is 10.4. The predicted octanol–water partition coefficient (Wildman–Crippen LogP) is 3.45. The molecule has 3 aromatic rings. The third kappa shape index (κ3) is 4.47. The summed E-state index contributed by atoms with van der Waals surface area (Å²) in [6.07, 6.45) is 1.81. The molecule has 0 saturated carbocycles. The van der Waals surface area contributed by atoms with Gasteiger partial charge in [0, 0.05) is 25.3 Å². The summed E-state index contributed by atoms with van der Waals surface area (Å²) in [6, 6.07) is 13.6. The van der Waals surface area contributed by atoms with E-state index in [2.05, 4.69) is 9.88 Å². The van der Waals surface area contributed by atoms with Crippen LogP contribution in [0.1, 0.15) is 37.2 Å². The van der Waals surface area contributed by atoms with Crippen LogP contribution >= 0.6 is 0 Å². The van der Waals surface area contributed by atoms with Crippen molar-refractivity contribution in [3.63, 3.8) is 0 Å². The lowest BCUT2D eigenvalue weighted by atomic mass is 10.1. The fourth-order valence-corrected chi connectivity index (χ4v) is 3.73. The second-order valence-corrected chi connectivity index (χ2v) is 7.81. The molecule has 0 aliphatic carbocycles. The van der Waals surface area contributed by atoms with Crippen LogP contribution in [0.25, 0.3) is 11.0 Å². The first kappa shape index (κ1) is 20.4. The van der Waals surface area contributed by atoms with Crippen LogP contribution in [0.15, 0.2) is 42.5 Å². The Kier molecular flexibility index (Phi) is 6.01. The molecule has 7 nitrogen and oxygen atoms in total. The lowest BCUT2D eigenvalue weighted by Crippen LogP contribution is -2.38. The van der Waals surface area contributed by atoms with Crippen LogP contribution in [0.3, 0.4) is 0 Å². The second kappa shape index (κ2) is 8.85. The highest BCUT2D eigenvalue weighted by Gasteiger charge is 2.22. The summed E-state index contributed by atoms with van der Waals surface area (Å²) in [7, 11) is 0. The Bertz CT molecular complexity index is 1020. The van der Waals surface area contributed by atoms with Crippen molar-refractivity contribution in [1.29, 1.82) is 0 Å². The van der Waals surface area contributed by atoms with Gasteiger partial charge in [-0.05, 0) is 51.0 Å². The molecule has 0 radical (unpaired) electrons. The van der Waals surface area contributed by atoms with Gasteiger partial charge in [0.25, 0.3) is 0 Å². The standard InChI is InChI=1S/C23H28N4O3/c1-15-3-5-18(6-4-15)30-19-7-8-20-21(13-19)27(17-9-11-29-12-10-17)22(26-20)14-25-23(28)16(2)24/h3-8,13,16-17H,9-12,14,24H2,1-2H3,(H,25,28)/t16-/m0/s1. The second-order valence-electron chi connectivity index (χ2n) is 7.81. The van der Waals surface area contributed by atoms with Crippen molar-refractivity contribution in [2.45, 2.75) is 45.3 Å². The number of carbonyl (C=O) groups excluding carboxylic acids is 1. The summed E-state index contributed by atoms with van der Waals surface area (Å²) >= 11 is 0. The number of amides is 1. The molecular weight excluding hydrogens is 380 g/mol. The van der Waals surface area contributed by atoms with Crippen LogP contribution in [0, 0.1) is 6.92 Å². The number of fused-ring (bicyclic) bond motifs is 1. The highest BCUT2D eigenvalue weighted by molar-refractivity contribution is 5.81. The largest absolute Gasteiger partial charge is 0.457 e. The molecule has 158 valence electrons. The fraction of sp³-hybridized carbons (Fsp3) is 0.391. The number of nitrogens with two attached hydrogens (primary N) is 1. The Morgan fingerprint density at radius 1 is 1.23 bits per heavy atom. The summed E-state index contributed by atoms with van der Waals surface area (Å²) < 4.78 is 13.8. The van der Waals surface area contributed by atoms with E-state index in [9.17, 15) is 4.79 Å². The molecular formula is C23H28N4O3. The van der Waals surface area contributed by atoms with Gasteiger partial charge in [-0.25, -0.2) is 4.98 Å². The molecule has 1 aromatic heterocycles. The normalized spacial score (nSPS) is 15.8. The van der Waals surface area contributed by atoms with Gasteiger partial charge >= 0.3 is 0 Å². The van der Waals surface area contributed by atoms with Crippen molar-refractivity contribution in [3.8, 4) is 11.5 Å². The number of nitrogens with one attached hydrogen (secondary N) is 1. The van der Waals surface area contributed by atoms with E-state index in [0.29, 0.717) is 6.54 Å². The smallest absolute Gasteiger partial charge is 0.237 e. The number of ether oxygens (including phenoxy) is 2. The van der Waals surface area contributed by atoms with E-state index in [4.69, 9.17) is 20.2 Å². The van der Waals surface area contributed by atoms with Crippen LogP contribution in [0.4, 0.5) is 0 Å². The lowest BCUT2D eigenvalue weighted by molar-refractivity contribution is -0.122. The van der Waals surface area contributed by atoms with Crippen molar-refractivity contribution in [2.75, 3.05) is 13.2 Å². The van der Waals surface area contributed by atoms with Crippen LogP contribution in [0.2, 0.25) is 0 Å². The van der Waals surface area contributed by atoms with E-state index < -0.39 is 6.04 Å². The first-order chi connectivity index (χ1) is 14.5. The van der Waals surface area contributed by atoms with E-state index >= 15 is 0 Å². The average Bonchev–Trinajstić information content (AvgIpc) is 3.11. The van der Waals surface area contributed by atoms with Crippen LogP contribution in [0.5, 0.6) is 11.5 Å². The van der Waals surface area contributed by atoms with Gasteiger partial charge in [0.2, 0.25) is 5.91 Å². The van der Waals surface area contributed by atoms with Crippen molar-refractivity contribution in [3.05, 3.63) is 53.9 Å². The monoisotopic (exact) mass is 408 g/mol. The van der Waals surface area contributed by atoms with Crippen molar-refractivity contribution in [2.24, 2.45) is 5.73 Å². The van der Waals surface area contributed by atoms with Crippen molar-refractivity contribution < 1.29 is 14.3 Å². The SMILES string of the molecule is Cc1ccc(Oc2ccc3nc(CNC(=O)[C@H](C)N)n(C4CCOCC4)c3c2)cc1. The number of benzene rings is 2. The van der Waals surface area contributed by atoms with Gasteiger partial charge in [0.05, 0.1) is 23.6 Å². The molecule has 1 aliphatic rings. The molecule has 2 aromatic carbocycles. The lowest BCUT2D eigenvalue weighted by Gasteiger charge is -2.26. The zero-order valence-electron chi connectivity index (χ0n) is 17.4. The summed E-state index contributed by atoms with van der Waals surface area (Å²) in [4.78, 5) is 16.8. The highest BCUT2D eigenvalue weighted by atomic mass is 16.5. The van der Waals surface area contributed by atoms with E-state index in [1.165, 1.54) is 5.56 Å². The summed E-state index contributed by atoms with van der Waals surface area (Å²) in [5.74, 6) is 2.18. The van der Waals surface area contributed by atoms with Crippen LogP contribution < -0.4 is 15.8 Å². The maximum absolute atomic E-state index is 12.0. The van der Waals surface area contributed by atoms with E-state index in [1.807, 2.05) is 49.4 Å². The molecule has 1 saturated heterocycles. The minimum Gasteiger partial charge on any atom is -0.457 e. The molecule has 4 rings (SSSR count). The minimum absolute atomic E-state index is 0.191. The van der Waals surface area contributed by atoms with Gasteiger partial charge in [-0.1, -0.05) is 17.7 Å². The van der Waals surface area contributed by atoms with Crippen molar-refractivity contribution in [1.82, 2.24) is 14.9 Å². The van der Waals surface area contributed by atoms with Gasteiger partial charge < -0.3 is 25.1 Å². The highest BCUT2D eigenvalue weighted by Crippen LogP contribution is 2.31. The Morgan fingerprint density at radius 2 is 1.93 bits per heavy atom. The molecule has 1 amide bonds. The zero-order valence-corrected chi connectivity index (χ0v) is 17.4. The van der Waals surface area contributed by atoms with Gasteiger partial charge in [0.15, 0.2) is 0 Å². The number of hydrogen-bond acceptors (Lipinski definition) is 5. The summed E-state index contributed by atoms with van der Waals surface area (Å²) in [5, 5.41) is 2.89. The third-order valence-corrected chi connectivity index (χ3v) is 5.38. The number of imidazole rings is 1. The Labute approximate surface area is 176 Å². The molecule has 30 heavy (non-hydrogen) atoms. The van der Waals surface area contributed by atoms with Crippen molar-refractivity contribution >= 4 is 16.9 Å². The number of hydrogen-bond donors (Lipinski definition) is 2. The Hall–Kier alpha value is -2.90. The molecule has 1 fully saturated rings. The fourth-order valence-electron chi connectivity index (χ4n) is 3.73. The van der Waals surface area contributed by atoms with Gasteiger partial charge in [0.1, 0.15) is 17.3 Å². The molecule has 0 bridgehead atoms. The predicted molar refractivity (Wildman–Crippen MR) is 116 cm³/mol. The Balaban J connectivity index is 1.67. The van der Waals surface area contributed by atoms with E-state index in [0.717, 1.165) is 54.4 Å². The third-order valence-electron chi connectivity index (χ3n) is 5.38. The average molecular weight is 409 g/mol. The Morgan fingerprint density at radius 3 is 2.63 bits per heavy atom. The summed E-state index contributed by atoms with van der Waals surface area (Å²) in [5.41, 5.74) is 8.75. The minimum atomic E-state index is -0.555. The molecule has 0 spiro atoms. The maximum atomic E-state index is 12.0. The van der Waals surface area contributed by atoms with Crippen LogP contribution in [-0.4, -0.2) is 34.7 Å². The molecule has 1 atom stereocenters. The zero-order chi connectivity index (χ0) is 21.1. The number of rotatable bonds is 6. The van der Waals surface area contributed by atoms with E-state index in [1.54, 1.807) is 6.92 Å². The topological polar surface area (TPSA) is 91.4 Å². The molecule has 1 aliphatic heterocycles. The molecule has 0 unspecified atom stereocenters. The number of aromatic nitrogens is 2. The van der Waals surface area contributed by atoms with Crippen LogP contribution in [-0.2, 0) is 16.1 Å². The van der Waals surface area contributed by atoms with Gasteiger partial charge in [-0.3, -0.25) is 4.79 Å². The van der Waals surface area contributed by atoms with Gasteiger partial charge in [-0.15, -0.1) is 0 Å². The van der Waals surface area contributed by atoms with Gasteiger partial charge in [-0.2, -0.15) is 0 Å². The first-order valence-electron chi connectivity index (χ1n) is 10.4. The number of carbonyl (C=O) groups is 1. The number of nitrogens with zero attached hydrogens (tertiary/aromatic N) is 2. The quantitative estimate of drug-likeness (QED) is 0.652. The molecule has 2 heterocycles.